The van der Waals surface area contributed by atoms with Gasteiger partial charge >= 0.3 is 5.97 Å². The molecule has 0 saturated carbocycles. The molecule has 66 valence electrons. The molecule has 0 aromatic carbocycles. The van der Waals surface area contributed by atoms with Crippen molar-refractivity contribution in [1.29, 1.82) is 0 Å². The molecule has 0 aliphatic heterocycles. The van der Waals surface area contributed by atoms with Crippen molar-refractivity contribution in [3.05, 3.63) is 24.5 Å². The average molecular weight is 167 g/mol. The molecular weight excluding hydrogens is 154 g/mol. The van der Waals surface area contributed by atoms with Crippen molar-refractivity contribution in [2.24, 2.45) is 5.92 Å². The van der Waals surface area contributed by atoms with Crippen molar-refractivity contribution in [2.75, 3.05) is 0 Å². The van der Waals surface area contributed by atoms with Gasteiger partial charge in [0.2, 0.25) is 0 Å². The number of carboxylic acids is 1. The number of hydrogen-bond acceptors (Lipinski definition) is 1. The fourth-order valence-corrected chi connectivity index (χ4v) is 1.29. The maximum atomic E-state index is 10.8. The Balaban J connectivity index is 2.88. The van der Waals surface area contributed by atoms with E-state index < -0.39 is 12.0 Å². The van der Waals surface area contributed by atoms with E-state index in [9.17, 15) is 4.79 Å². The van der Waals surface area contributed by atoms with Crippen LogP contribution in [0.25, 0.3) is 0 Å². The topological polar surface area (TPSA) is 42.2 Å². The smallest absolute Gasteiger partial charge is 0.326 e. The first-order valence-corrected chi connectivity index (χ1v) is 3.98. The van der Waals surface area contributed by atoms with Crippen molar-refractivity contribution >= 4 is 5.97 Å². The van der Waals surface area contributed by atoms with Crippen LogP contribution in [0.1, 0.15) is 19.9 Å². The summed E-state index contributed by atoms with van der Waals surface area (Å²) in [5.74, 6) is -0.670. The van der Waals surface area contributed by atoms with Crippen molar-refractivity contribution < 1.29 is 9.90 Å². The molecule has 0 radical (unpaired) electrons. The second-order valence-electron chi connectivity index (χ2n) is 3.16. The monoisotopic (exact) mass is 167 g/mol. The van der Waals surface area contributed by atoms with E-state index >= 15 is 0 Å². The van der Waals surface area contributed by atoms with Crippen LogP contribution >= 0.6 is 0 Å². The Bertz CT molecular complexity index is 252. The van der Waals surface area contributed by atoms with Crippen LogP contribution < -0.4 is 0 Å². The first-order valence-electron chi connectivity index (χ1n) is 3.98. The summed E-state index contributed by atoms with van der Waals surface area (Å²) in [4.78, 5) is 10.8. The van der Waals surface area contributed by atoms with Gasteiger partial charge in [-0.15, -0.1) is 0 Å². The molecule has 0 aliphatic carbocycles. The lowest BCUT2D eigenvalue weighted by Crippen LogP contribution is -2.22. The molecule has 12 heavy (non-hydrogen) atoms. The predicted octanol–water partition coefficient (Wildman–Crippen LogP) is 1.77. The molecule has 0 bridgehead atoms. The minimum atomic E-state index is -0.777. The zero-order valence-electron chi connectivity index (χ0n) is 7.27. The molecule has 1 atom stereocenters. The Kier molecular flexibility index (Phi) is 2.53. The molecule has 1 heterocycles. The van der Waals surface area contributed by atoms with Crippen LogP contribution in [0.15, 0.2) is 24.5 Å². The molecule has 0 spiro atoms. The quantitative estimate of drug-likeness (QED) is 0.745. The number of carbonyl (C=O) groups is 1. The van der Waals surface area contributed by atoms with Gasteiger partial charge < -0.3 is 9.67 Å². The molecule has 1 rings (SSSR count). The van der Waals surface area contributed by atoms with Crippen molar-refractivity contribution in [3.63, 3.8) is 0 Å². The highest BCUT2D eigenvalue weighted by atomic mass is 16.4. The van der Waals surface area contributed by atoms with Crippen LogP contribution in [0.4, 0.5) is 0 Å². The summed E-state index contributed by atoms with van der Waals surface area (Å²) in [6, 6.07) is 3.22. The first kappa shape index (κ1) is 8.84. The first-order chi connectivity index (χ1) is 5.63. The van der Waals surface area contributed by atoms with Crippen LogP contribution in [0.5, 0.6) is 0 Å². The van der Waals surface area contributed by atoms with E-state index in [4.69, 9.17) is 5.11 Å². The SMILES string of the molecule is CC(C)C(C(=O)O)n1cccc1. The van der Waals surface area contributed by atoms with Crippen LogP contribution in [0.2, 0.25) is 0 Å². The van der Waals surface area contributed by atoms with E-state index in [1.807, 2.05) is 26.0 Å². The summed E-state index contributed by atoms with van der Waals surface area (Å²) in [6.07, 6.45) is 3.55. The standard InChI is InChI=1S/C9H13NO2/c1-7(2)8(9(11)12)10-5-3-4-6-10/h3-8H,1-2H3,(H,11,12). The highest BCUT2D eigenvalue weighted by molar-refractivity contribution is 5.72. The van der Waals surface area contributed by atoms with Gasteiger partial charge in [0, 0.05) is 12.4 Å². The summed E-state index contributed by atoms with van der Waals surface area (Å²) >= 11 is 0. The van der Waals surface area contributed by atoms with Crippen LogP contribution in [0, 0.1) is 5.92 Å². The fraction of sp³-hybridized carbons (Fsp3) is 0.444. The van der Waals surface area contributed by atoms with Crippen LogP contribution in [-0.4, -0.2) is 15.6 Å². The number of carboxylic acid groups (broad SMARTS) is 1. The average Bonchev–Trinajstić information content (AvgIpc) is 2.37. The lowest BCUT2D eigenvalue weighted by molar-refractivity contribution is -0.142. The van der Waals surface area contributed by atoms with Gasteiger partial charge in [0.1, 0.15) is 6.04 Å². The third-order valence-corrected chi connectivity index (χ3v) is 1.83. The number of aromatic nitrogens is 1. The Morgan fingerprint density at radius 1 is 1.33 bits per heavy atom. The highest BCUT2D eigenvalue weighted by Crippen LogP contribution is 2.17. The van der Waals surface area contributed by atoms with Gasteiger partial charge in [0.15, 0.2) is 0 Å². The molecular formula is C9H13NO2. The van der Waals surface area contributed by atoms with Crippen LogP contribution in [0.3, 0.4) is 0 Å². The maximum Gasteiger partial charge on any atom is 0.326 e. The Hall–Kier alpha value is -1.25. The van der Waals surface area contributed by atoms with E-state index in [1.54, 1.807) is 17.0 Å². The molecule has 0 aliphatic rings. The van der Waals surface area contributed by atoms with E-state index in [0.717, 1.165) is 0 Å². The second kappa shape index (κ2) is 3.43. The van der Waals surface area contributed by atoms with E-state index in [2.05, 4.69) is 0 Å². The lowest BCUT2D eigenvalue weighted by atomic mass is 10.1. The third kappa shape index (κ3) is 1.67. The zero-order valence-corrected chi connectivity index (χ0v) is 7.27. The molecule has 1 unspecified atom stereocenters. The fourth-order valence-electron chi connectivity index (χ4n) is 1.29. The summed E-state index contributed by atoms with van der Waals surface area (Å²) in [5.41, 5.74) is 0. The molecule has 0 saturated heterocycles. The van der Waals surface area contributed by atoms with Gasteiger partial charge in [-0.25, -0.2) is 4.79 Å². The largest absolute Gasteiger partial charge is 0.480 e. The molecule has 3 nitrogen and oxygen atoms in total. The van der Waals surface area contributed by atoms with Crippen molar-refractivity contribution in [1.82, 2.24) is 4.57 Å². The summed E-state index contributed by atoms with van der Waals surface area (Å²) in [6.45, 7) is 3.80. The van der Waals surface area contributed by atoms with Gasteiger partial charge in [-0.2, -0.15) is 0 Å². The Morgan fingerprint density at radius 3 is 2.17 bits per heavy atom. The van der Waals surface area contributed by atoms with Crippen molar-refractivity contribution in [3.8, 4) is 0 Å². The highest BCUT2D eigenvalue weighted by Gasteiger charge is 2.21. The predicted molar refractivity (Wildman–Crippen MR) is 45.9 cm³/mol. The van der Waals surface area contributed by atoms with Gasteiger partial charge in [-0.1, -0.05) is 13.8 Å². The van der Waals surface area contributed by atoms with Crippen molar-refractivity contribution in [2.45, 2.75) is 19.9 Å². The van der Waals surface area contributed by atoms with E-state index in [0.29, 0.717) is 0 Å². The molecule has 1 N–H and O–H groups in total. The normalized spacial score (nSPS) is 13.2. The second-order valence-corrected chi connectivity index (χ2v) is 3.16. The van der Waals surface area contributed by atoms with E-state index in [-0.39, 0.29) is 5.92 Å². The minimum absolute atomic E-state index is 0.106. The molecule has 0 fully saturated rings. The molecule has 3 heteroatoms. The van der Waals surface area contributed by atoms with Gasteiger partial charge in [0.25, 0.3) is 0 Å². The summed E-state index contributed by atoms with van der Waals surface area (Å²) in [5, 5.41) is 8.89. The van der Waals surface area contributed by atoms with Gasteiger partial charge in [0.05, 0.1) is 0 Å². The minimum Gasteiger partial charge on any atom is -0.480 e. The van der Waals surface area contributed by atoms with Gasteiger partial charge in [-0.05, 0) is 18.1 Å². The molecule has 0 amide bonds. The van der Waals surface area contributed by atoms with Gasteiger partial charge in [-0.3, -0.25) is 0 Å². The summed E-state index contributed by atoms with van der Waals surface area (Å²) < 4.78 is 1.72. The molecule has 1 aromatic heterocycles. The third-order valence-electron chi connectivity index (χ3n) is 1.83. The number of nitrogens with zero attached hydrogens (tertiary/aromatic N) is 1. The van der Waals surface area contributed by atoms with Crippen LogP contribution in [-0.2, 0) is 4.79 Å². The Labute approximate surface area is 71.6 Å². The van der Waals surface area contributed by atoms with E-state index in [1.165, 1.54) is 0 Å². The Morgan fingerprint density at radius 2 is 1.83 bits per heavy atom. The lowest BCUT2D eigenvalue weighted by Gasteiger charge is -2.17. The molecule has 1 aromatic rings. The maximum absolute atomic E-state index is 10.8. The number of hydrogen-bond donors (Lipinski definition) is 1. The number of rotatable bonds is 3. The summed E-state index contributed by atoms with van der Waals surface area (Å²) in [7, 11) is 0. The zero-order chi connectivity index (χ0) is 9.14. The number of aliphatic carboxylic acids is 1.